The van der Waals surface area contributed by atoms with Gasteiger partial charge in [0.15, 0.2) is 5.82 Å². The number of thioether (sulfide) groups is 1. The van der Waals surface area contributed by atoms with Crippen molar-refractivity contribution in [3.63, 3.8) is 0 Å². The Hall–Kier alpha value is -3.05. The number of rotatable bonds is 3. The Bertz CT molecular complexity index is 1190. The van der Waals surface area contributed by atoms with Crippen LogP contribution in [0.3, 0.4) is 0 Å². The number of para-hydroxylation sites is 3. The van der Waals surface area contributed by atoms with Crippen LogP contribution in [0.5, 0.6) is 0 Å². The summed E-state index contributed by atoms with van der Waals surface area (Å²) in [4.78, 5) is 8.33. The normalized spacial score (nSPS) is 11.4. The van der Waals surface area contributed by atoms with Crippen molar-refractivity contribution in [2.24, 2.45) is 0 Å². The summed E-state index contributed by atoms with van der Waals surface area (Å²) in [5, 5.41) is 1.15. The van der Waals surface area contributed by atoms with Crippen molar-refractivity contribution in [2.75, 3.05) is 6.26 Å². The molecular weight excluding hydrogens is 340 g/mol. The summed E-state index contributed by atoms with van der Waals surface area (Å²) in [7, 11) is 0. The topological polar surface area (TPSA) is 37.7 Å². The van der Waals surface area contributed by atoms with Crippen molar-refractivity contribution >= 4 is 28.4 Å². The molecule has 3 aromatic heterocycles. The Kier molecular flexibility index (Phi) is 3.53. The van der Waals surface area contributed by atoms with Gasteiger partial charge in [0.1, 0.15) is 5.69 Å². The summed E-state index contributed by atoms with van der Waals surface area (Å²) in [6.45, 7) is 0. The van der Waals surface area contributed by atoms with E-state index in [2.05, 4.69) is 74.9 Å². The van der Waals surface area contributed by atoms with Gasteiger partial charge in [-0.1, -0.05) is 48.2 Å². The molecule has 0 saturated carbocycles. The largest absolute Gasteiger partial charge is 0.335 e. The van der Waals surface area contributed by atoms with Crippen molar-refractivity contribution in [3.8, 4) is 17.2 Å². The van der Waals surface area contributed by atoms with E-state index in [1.54, 1.807) is 11.8 Å². The maximum atomic E-state index is 4.85. The van der Waals surface area contributed by atoms with Gasteiger partial charge in [-0.25, -0.2) is 4.98 Å². The first kappa shape index (κ1) is 15.2. The van der Waals surface area contributed by atoms with Gasteiger partial charge in [-0.15, -0.1) is 0 Å². The van der Waals surface area contributed by atoms with E-state index in [9.17, 15) is 0 Å². The van der Waals surface area contributed by atoms with Crippen LogP contribution in [0, 0.1) is 0 Å². The first-order valence-electron chi connectivity index (χ1n) is 8.46. The van der Waals surface area contributed by atoms with E-state index in [-0.39, 0.29) is 0 Å². The van der Waals surface area contributed by atoms with Crippen LogP contribution in [0.4, 0.5) is 0 Å². The minimum atomic E-state index is 0.881. The SMILES string of the molecule is CSc1c(-c2nc3ccccc3[nH]2)[n+]2ccccc2n1-c1ccccc1. The summed E-state index contributed by atoms with van der Waals surface area (Å²) in [5.74, 6) is 0.881. The Morgan fingerprint density at radius 3 is 2.50 bits per heavy atom. The number of fused-ring (bicyclic) bond motifs is 2. The lowest BCUT2D eigenvalue weighted by Crippen LogP contribution is -2.22. The van der Waals surface area contributed by atoms with E-state index in [1.165, 1.54) is 0 Å². The zero-order chi connectivity index (χ0) is 17.5. The lowest BCUT2D eigenvalue weighted by Gasteiger charge is -2.00. The molecule has 3 heterocycles. The lowest BCUT2D eigenvalue weighted by atomic mass is 10.3. The maximum Gasteiger partial charge on any atom is 0.292 e. The Balaban J connectivity index is 1.88. The molecule has 5 rings (SSSR count). The molecule has 126 valence electrons. The third-order valence-corrected chi connectivity index (χ3v) is 5.30. The number of imidazole rings is 2. The molecule has 4 nitrogen and oxygen atoms in total. The summed E-state index contributed by atoms with van der Waals surface area (Å²) in [5.41, 5.74) is 5.35. The predicted molar refractivity (Wildman–Crippen MR) is 106 cm³/mol. The minimum Gasteiger partial charge on any atom is -0.335 e. The maximum absolute atomic E-state index is 4.85. The highest BCUT2D eigenvalue weighted by Crippen LogP contribution is 2.32. The number of nitrogens with zero attached hydrogens (tertiary/aromatic N) is 3. The summed E-state index contributed by atoms with van der Waals surface area (Å²) < 4.78 is 4.49. The molecule has 0 fully saturated rings. The van der Waals surface area contributed by atoms with Gasteiger partial charge in [0.25, 0.3) is 5.65 Å². The fraction of sp³-hybridized carbons (Fsp3) is 0.0476. The molecule has 0 bridgehead atoms. The number of aromatic nitrogens is 4. The smallest absolute Gasteiger partial charge is 0.292 e. The lowest BCUT2D eigenvalue weighted by molar-refractivity contribution is -0.499. The predicted octanol–water partition coefficient (Wildman–Crippen LogP) is 4.48. The van der Waals surface area contributed by atoms with Crippen LogP contribution in [0.15, 0.2) is 84.0 Å². The summed E-state index contributed by atoms with van der Waals surface area (Å²) in [6, 6.07) is 24.9. The van der Waals surface area contributed by atoms with E-state index >= 15 is 0 Å². The summed E-state index contributed by atoms with van der Waals surface area (Å²) >= 11 is 1.73. The molecule has 0 aliphatic carbocycles. The fourth-order valence-electron chi connectivity index (χ4n) is 3.41. The van der Waals surface area contributed by atoms with Crippen molar-refractivity contribution in [3.05, 3.63) is 79.0 Å². The van der Waals surface area contributed by atoms with Gasteiger partial charge < -0.3 is 4.98 Å². The summed E-state index contributed by atoms with van der Waals surface area (Å²) in [6.07, 6.45) is 4.21. The second-order valence-electron chi connectivity index (χ2n) is 6.06. The van der Waals surface area contributed by atoms with Crippen LogP contribution in [0.1, 0.15) is 0 Å². The van der Waals surface area contributed by atoms with E-state index in [4.69, 9.17) is 4.98 Å². The molecule has 0 unspecified atom stereocenters. The number of hydrogen-bond donors (Lipinski definition) is 1. The molecule has 0 aliphatic heterocycles. The van der Waals surface area contributed by atoms with Crippen molar-refractivity contribution in [2.45, 2.75) is 5.03 Å². The molecule has 5 aromatic rings. The first-order valence-corrected chi connectivity index (χ1v) is 9.69. The average molecular weight is 357 g/mol. The third kappa shape index (κ3) is 2.24. The monoisotopic (exact) mass is 357 g/mol. The van der Waals surface area contributed by atoms with E-state index in [0.29, 0.717) is 0 Å². The molecule has 2 aromatic carbocycles. The number of H-pyrrole nitrogens is 1. The van der Waals surface area contributed by atoms with Crippen LogP contribution in [0.2, 0.25) is 0 Å². The van der Waals surface area contributed by atoms with Gasteiger partial charge in [-0.3, -0.25) is 0 Å². The van der Waals surface area contributed by atoms with Gasteiger partial charge in [-0.2, -0.15) is 8.97 Å². The molecule has 5 heteroatoms. The van der Waals surface area contributed by atoms with E-state index in [0.717, 1.165) is 38.9 Å². The highest BCUT2D eigenvalue weighted by Gasteiger charge is 2.29. The average Bonchev–Trinajstić information content (AvgIpc) is 3.26. The van der Waals surface area contributed by atoms with Crippen molar-refractivity contribution < 1.29 is 4.40 Å². The first-order chi connectivity index (χ1) is 12.9. The van der Waals surface area contributed by atoms with Crippen LogP contribution in [0.25, 0.3) is 33.9 Å². The molecule has 0 aliphatic rings. The molecular formula is C21H17N4S+. The third-order valence-electron chi connectivity index (χ3n) is 4.54. The second kappa shape index (κ2) is 6.04. The number of hydrogen-bond acceptors (Lipinski definition) is 2. The molecule has 1 N–H and O–H groups in total. The van der Waals surface area contributed by atoms with Gasteiger partial charge in [-0.05, 0) is 36.6 Å². The standard InChI is InChI=1S/C21H17N4S/c1-26-21-19(20-22-16-11-5-6-12-17(16)23-20)24-14-8-7-13-18(24)25(21)15-9-3-2-4-10-15/h2-14H,1H3,(H,22,23)/q+1. The van der Waals surface area contributed by atoms with Crippen molar-refractivity contribution in [1.29, 1.82) is 0 Å². The van der Waals surface area contributed by atoms with Gasteiger partial charge in [0.2, 0.25) is 10.7 Å². The van der Waals surface area contributed by atoms with Crippen LogP contribution >= 0.6 is 11.8 Å². The Labute approximate surface area is 155 Å². The second-order valence-corrected chi connectivity index (χ2v) is 6.86. The Morgan fingerprint density at radius 1 is 0.923 bits per heavy atom. The van der Waals surface area contributed by atoms with E-state index < -0.39 is 0 Å². The minimum absolute atomic E-state index is 0.881. The van der Waals surface area contributed by atoms with Crippen LogP contribution < -0.4 is 4.40 Å². The molecule has 0 radical (unpaired) electrons. The molecule has 0 amide bonds. The Morgan fingerprint density at radius 2 is 1.69 bits per heavy atom. The van der Waals surface area contributed by atoms with Crippen LogP contribution in [-0.2, 0) is 0 Å². The number of aromatic amines is 1. The number of pyridine rings is 1. The molecule has 0 spiro atoms. The van der Waals surface area contributed by atoms with Gasteiger partial charge in [0.05, 0.1) is 17.2 Å². The zero-order valence-corrected chi connectivity index (χ0v) is 15.1. The van der Waals surface area contributed by atoms with E-state index in [1.807, 2.05) is 24.3 Å². The molecule has 0 saturated heterocycles. The van der Waals surface area contributed by atoms with Crippen LogP contribution in [-0.4, -0.2) is 20.8 Å². The quantitative estimate of drug-likeness (QED) is 0.382. The molecule has 0 atom stereocenters. The zero-order valence-electron chi connectivity index (χ0n) is 14.3. The number of benzene rings is 2. The van der Waals surface area contributed by atoms with Gasteiger partial charge >= 0.3 is 0 Å². The van der Waals surface area contributed by atoms with Crippen molar-refractivity contribution in [1.82, 2.24) is 14.5 Å². The van der Waals surface area contributed by atoms with Gasteiger partial charge in [0, 0.05) is 6.07 Å². The fourth-order valence-corrected chi connectivity index (χ4v) is 4.18. The molecule has 26 heavy (non-hydrogen) atoms. The highest BCUT2D eigenvalue weighted by atomic mass is 32.2. The highest BCUT2D eigenvalue weighted by molar-refractivity contribution is 7.98. The number of nitrogens with one attached hydrogen (secondary N) is 1.